The number of hydrazine groups is 1. The van der Waals surface area contributed by atoms with Crippen LogP contribution >= 0.6 is 0 Å². The van der Waals surface area contributed by atoms with E-state index in [4.69, 9.17) is 10.5 Å². The van der Waals surface area contributed by atoms with Gasteiger partial charge in [0, 0.05) is 23.3 Å². The van der Waals surface area contributed by atoms with Crippen LogP contribution in [0.1, 0.15) is 46.7 Å². The number of carbonyl (C=O) groups is 2. The zero-order chi connectivity index (χ0) is 26.6. The van der Waals surface area contributed by atoms with Crippen molar-refractivity contribution < 1.29 is 19.4 Å². The van der Waals surface area contributed by atoms with Crippen molar-refractivity contribution in [2.75, 3.05) is 0 Å². The lowest BCUT2D eigenvalue weighted by Gasteiger charge is -2.39. The van der Waals surface area contributed by atoms with Crippen LogP contribution in [0.4, 0.5) is 0 Å². The first-order valence-corrected chi connectivity index (χ1v) is 12.3. The minimum absolute atomic E-state index is 0.0337. The van der Waals surface area contributed by atoms with E-state index < -0.39 is 11.8 Å². The maximum Gasteiger partial charge on any atom is 0.270 e. The van der Waals surface area contributed by atoms with Crippen molar-refractivity contribution in [2.45, 2.75) is 31.8 Å². The number of nitrogens with zero attached hydrogens (tertiary/aromatic N) is 2. The molecule has 1 aliphatic heterocycles. The molecule has 0 bridgehead atoms. The highest BCUT2D eigenvalue weighted by Crippen LogP contribution is 2.44. The Hall–Kier alpha value is -5.03. The van der Waals surface area contributed by atoms with E-state index in [-0.39, 0.29) is 22.9 Å². The summed E-state index contributed by atoms with van der Waals surface area (Å²) in [6.45, 7) is 0.377. The lowest BCUT2D eigenvalue weighted by Crippen LogP contribution is -2.48. The van der Waals surface area contributed by atoms with Gasteiger partial charge in [-0.25, -0.2) is 5.01 Å². The zero-order valence-electron chi connectivity index (χ0n) is 20.6. The standard InChI is InChI=1S/C30H26N4O4/c31-17-24-27(21-8-4-9-23(16-21)38-18-19-6-2-1-3-7-19)28-25(10-5-11-26(28)36)34(29(24)32)33-30(37)20-12-14-22(35)15-13-20/h1-4,6-9,12-16,27,35H,5,10-11,18,32H2,(H,33,37). The normalized spacial score (nSPS) is 17.1. The molecule has 1 amide bonds. The van der Waals surface area contributed by atoms with E-state index in [9.17, 15) is 20.0 Å². The monoisotopic (exact) mass is 506 g/mol. The first kappa shape index (κ1) is 24.7. The van der Waals surface area contributed by atoms with Gasteiger partial charge in [0.05, 0.1) is 17.6 Å². The van der Waals surface area contributed by atoms with Crippen LogP contribution in [0.3, 0.4) is 0 Å². The van der Waals surface area contributed by atoms with Crippen molar-refractivity contribution in [3.8, 4) is 17.6 Å². The number of hydrogen-bond acceptors (Lipinski definition) is 7. The predicted octanol–water partition coefficient (Wildman–Crippen LogP) is 4.42. The molecule has 0 spiro atoms. The van der Waals surface area contributed by atoms with Gasteiger partial charge in [-0.1, -0.05) is 42.5 Å². The molecule has 1 heterocycles. The molecule has 0 fully saturated rings. The van der Waals surface area contributed by atoms with Crippen molar-refractivity contribution in [1.29, 1.82) is 5.26 Å². The van der Waals surface area contributed by atoms with Crippen LogP contribution in [0.15, 0.2) is 102 Å². The topological polar surface area (TPSA) is 129 Å². The molecule has 3 aromatic carbocycles. The highest BCUT2D eigenvalue weighted by Gasteiger charge is 2.40. The van der Waals surface area contributed by atoms with Crippen LogP contribution in [-0.4, -0.2) is 21.8 Å². The van der Waals surface area contributed by atoms with Gasteiger partial charge in [-0.05, 0) is 60.4 Å². The van der Waals surface area contributed by atoms with E-state index >= 15 is 0 Å². The van der Waals surface area contributed by atoms with Crippen molar-refractivity contribution >= 4 is 11.7 Å². The zero-order valence-corrected chi connectivity index (χ0v) is 20.6. The quantitative estimate of drug-likeness (QED) is 0.451. The number of aromatic hydroxyl groups is 1. The number of nitrogens with two attached hydrogens (primary N) is 1. The van der Waals surface area contributed by atoms with Crippen LogP contribution in [0.2, 0.25) is 0 Å². The third kappa shape index (κ3) is 4.82. The molecule has 190 valence electrons. The van der Waals surface area contributed by atoms with E-state index in [1.807, 2.05) is 54.6 Å². The van der Waals surface area contributed by atoms with Crippen LogP contribution in [-0.2, 0) is 11.4 Å². The van der Waals surface area contributed by atoms with Gasteiger partial charge >= 0.3 is 0 Å². The van der Waals surface area contributed by atoms with Crippen LogP contribution in [0.5, 0.6) is 11.5 Å². The summed E-state index contributed by atoms with van der Waals surface area (Å²) in [5.41, 5.74) is 12.5. The van der Waals surface area contributed by atoms with Crippen LogP contribution in [0.25, 0.3) is 0 Å². The van der Waals surface area contributed by atoms with E-state index in [2.05, 4.69) is 11.5 Å². The van der Waals surface area contributed by atoms with Crippen molar-refractivity contribution in [2.24, 2.45) is 5.73 Å². The number of nitriles is 1. The second-order valence-corrected chi connectivity index (χ2v) is 9.15. The Kier molecular flexibility index (Phi) is 6.83. The third-order valence-corrected chi connectivity index (χ3v) is 6.70. The maximum atomic E-state index is 13.3. The molecule has 3 aromatic rings. The van der Waals surface area contributed by atoms with Crippen LogP contribution in [0, 0.1) is 11.3 Å². The molecule has 2 aliphatic rings. The SMILES string of the molecule is N#CC1=C(N)N(NC(=O)c2ccc(O)cc2)C2=C(C(=O)CCC2)C1c1cccc(OCc2ccccc2)c1. The molecule has 8 heteroatoms. The molecular formula is C30H26N4O4. The smallest absolute Gasteiger partial charge is 0.270 e. The molecule has 0 radical (unpaired) electrons. The number of phenols is 1. The number of amides is 1. The van der Waals surface area contributed by atoms with Gasteiger partial charge in [0.1, 0.15) is 23.9 Å². The molecule has 0 saturated heterocycles. The number of hydrogen-bond donors (Lipinski definition) is 3. The number of phenolic OH excluding ortho intramolecular Hbond substituents is 1. The summed E-state index contributed by atoms with van der Waals surface area (Å²) >= 11 is 0. The molecule has 8 nitrogen and oxygen atoms in total. The average Bonchev–Trinajstić information content (AvgIpc) is 2.94. The molecule has 1 atom stereocenters. The highest BCUT2D eigenvalue weighted by atomic mass is 16.5. The Morgan fingerprint density at radius 1 is 1.08 bits per heavy atom. The minimum atomic E-state index is -0.676. The van der Waals surface area contributed by atoms with Crippen molar-refractivity contribution in [1.82, 2.24) is 10.4 Å². The second-order valence-electron chi connectivity index (χ2n) is 9.15. The van der Waals surface area contributed by atoms with Crippen molar-refractivity contribution in [3.05, 3.63) is 118 Å². The summed E-state index contributed by atoms with van der Waals surface area (Å²) in [5, 5.41) is 21.1. The minimum Gasteiger partial charge on any atom is -0.508 e. The van der Waals surface area contributed by atoms with Gasteiger partial charge in [-0.2, -0.15) is 5.26 Å². The van der Waals surface area contributed by atoms with Gasteiger partial charge in [-0.15, -0.1) is 0 Å². The summed E-state index contributed by atoms with van der Waals surface area (Å²) in [6, 6.07) is 25.1. The molecule has 1 unspecified atom stereocenters. The fraction of sp³-hybridized carbons (Fsp3) is 0.167. The van der Waals surface area contributed by atoms with Gasteiger partial charge in [0.15, 0.2) is 5.78 Å². The fourth-order valence-electron chi connectivity index (χ4n) is 4.85. The first-order valence-electron chi connectivity index (χ1n) is 12.3. The number of allylic oxidation sites excluding steroid dienone is 3. The number of carbonyl (C=O) groups excluding carboxylic acids is 2. The average molecular weight is 507 g/mol. The number of rotatable bonds is 6. The Bertz CT molecular complexity index is 1490. The molecule has 4 N–H and O–H groups in total. The summed E-state index contributed by atoms with van der Waals surface area (Å²) in [6.07, 6.45) is 1.46. The lowest BCUT2D eigenvalue weighted by molar-refractivity contribution is -0.116. The summed E-state index contributed by atoms with van der Waals surface area (Å²) in [7, 11) is 0. The van der Waals surface area contributed by atoms with Gasteiger partial charge in [0.25, 0.3) is 5.91 Å². The number of ether oxygens (including phenoxy) is 1. The van der Waals surface area contributed by atoms with Gasteiger partial charge < -0.3 is 15.6 Å². The van der Waals surface area contributed by atoms with Gasteiger partial charge in [0.2, 0.25) is 0 Å². The van der Waals surface area contributed by atoms with E-state index in [0.717, 1.165) is 5.56 Å². The summed E-state index contributed by atoms with van der Waals surface area (Å²) < 4.78 is 6.00. The molecule has 0 saturated carbocycles. The van der Waals surface area contributed by atoms with Gasteiger partial charge in [-0.3, -0.25) is 15.0 Å². The van der Waals surface area contributed by atoms with E-state index in [1.165, 1.54) is 29.3 Å². The Morgan fingerprint density at radius 3 is 2.58 bits per heavy atom. The largest absolute Gasteiger partial charge is 0.508 e. The Balaban J connectivity index is 1.50. The van der Waals surface area contributed by atoms with E-state index in [1.54, 1.807) is 0 Å². The predicted molar refractivity (Wildman–Crippen MR) is 140 cm³/mol. The Morgan fingerprint density at radius 2 is 1.84 bits per heavy atom. The number of ketones is 1. The number of Topliss-reactive ketones (excluding diaryl/α,β-unsaturated/α-hetero) is 1. The lowest BCUT2D eigenvalue weighted by atomic mass is 9.76. The summed E-state index contributed by atoms with van der Waals surface area (Å²) in [5.74, 6) is -0.540. The molecule has 38 heavy (non-hydrogen) atoms. The Labute approximate surface area is 220 Å². The maximum absolute atomic E-state index is 13.3. The molecule has 0 aromatic heterocycles. The molecule has 5 rings (SSSR count). The molecule has 1 aliphatic carbocycles. The molecular weight excluding hydrogens is 480 g/mol. The van der Waals surface area contributed by atoms with E-state index in [0.29, 0.717) is 54.0 Å². The first-order chi connectivity index (χ1) is 18.5. The number of nitrogens with one attached hydrogen (secondary N) is 1. The van der Waals surface area contributed by atoms with Crippen LogP contribution < -0.4 is 15.9 Å². The van der Waals surface area contributed by atoms with Crippen molar-refractivity contribution in [3.63, 3.8) is 0 Å². The second kappa shape index (κ2) is 10.5. The fourth-order valence-corrected chi connectivity index (χ4v) is 4.85. The highest BCUT2D eigenvalue weighted by molar-refractivity contribution is 6.00. The number of benzene rings is 3. The summed E-state index contributed by atoms with van der Waals surface area (Å²) in [4.78, 5) is 26.3. The third-order valence-electron chi connectivity index (χ3n) is 6.70.